The Balaban J connectivity index is 1.73. The molecule has 1 heterocycles. The van der Waals surface area contributed by atoms with Crippen molar-refractivity contribution >= 4 is 39.2 Å². The summed E-state index contributed by atoms with van der Waals surface area (Å²) >= 11 is 6.03. The molecule has 0 atom stereocenters. The van der Waals surface area contributed by atoms with Crippen LogP contribution >= 0.6 is 11.6 Å². The Morgan fingerprint density at radius 1 is 1.18 bits per heavy atom. The zero-order chi connectivity index (χ0) is 20.5. The highest BCUT2D eigenvalue weighted by atomic mass is 35.5. The Morgan fingerprint density at radius 2 is 1.89 bits per heavy atom. The molecule has 2 aromatic rings. The summed E-state index contributed by atoms with van der Waals surface area (Å²) in [6.45, 7) is 0.0568. The number of ether oxygens (including phenoxy) is 1. The van der Waals surface area contributed by atoms with E-state index < -0.39 is 22.6 Å². The van der Waals surface area contributed by atoms with Gasteiger partial charge in [-0.05, 0) is 36.2 Å². The number of amides is 1. The maximum Gasteiger partial charge on any atom is 0.340 e. The molecular weight excluding hydrogens is 404 g/mol. The van der Waals surface area contributed by atoms with E-state index in [1.807, 2.05) is 24.3 Å². The van der Waals surface area contributed by atoms with E-state index in [-0.39, 0.29) is 21.4 Å². The standard InChI is InChI=1S/C19H19ClN2O5S/c1-21(2)28(25,26)14-7-8-16(20)15(11-14)19(24)27-12-18(23)22-10-9-13-5-3-4-6-17(13)22/h3-8,11H,9-10,12H2,1-2H3. The van der Waals surface area contributed by atoms with E-state index in [4.69, 9.17) is 16.3 Å². The molecular formula is C19H19ClN2O5S. The summed E-state index contributed by atoms with van der Waals surface area (Å²) in [4.78, 5) is 26.3. The van der Waals surface area contributed by atoms with Crippen LogP contribution in [0.1, 0.15) is 15.9 Å². The number of halogens is 1. The SMILES string of the molecule is CN(C)S(=O)(=O)c1ccc(Cl)c(C(=O)OCC(=O)N2CCc3ccccc32)c1. The van der Waals surface area contributed by atoms with Crippen molar-refractivity contribution in [2.24, 2.45) is 0 Å². The van der Waals surface area contributed by atoms with Gasteiger partial charge in [-0.25, -0.2) is 17.5 Å². The molecule has 0 bridgehead atoms. The summed E-state index contributed by atoms with van der Waals surface area (Å²) in [6, 6.07) is 11.3. The van der Waals surface area contributed by atoms with E-state index in [0.717, 1.165) is 28.0 Å². The molecule has 2 aromatic carbocycles. The Bertz CT molecular complexity index is 1040. The topological polar surface area (TPSA) is 84.0 Å². The van der Waals surface area contributed by atoms with Gasteiger partial charge in [0.25, 0.3) is 5.91 Å². The van der Waals surface area contributed by atoms with Crippen LogP contribution in [0, 0.1) is 0 Å². The van der Waals surface area contributed by atoms with Crippen LogP contribution in [-0.4, -0.2) is 51.8 Å². The van der Waals surface area contributed by atoms with E-state index in [0.29, 0.717) is 6.54 Å². The normalized spacial score (nSPS) is 13.5. The first kappa shape index (κ1) is 20.3. The van der Waals surface area contributed by atoms with Crippen molar-refractivity contribution in [3.63, 3.8) is 0 Å². The monoisotopic (exact) mass is 422 g/mol. The van der Waals surface area contributed by atoms with Gasteiger partial charge in [-0.15, -0.1) is 0 Å². The average molecular weight is 423 g/mol. The zero-order valence-electron chi connectivity index (χ0n) is 15.4. The number of hydrogen-bond acceptors (Lipinski definition) is 5. The first-order chi connectivity index (χ1) is 13.2. The Hall–Kier alpha value is -2.42. The minimum Gasteiger partial charge on any atom is -0.452 e. The van der Waals surface area contributed by atoms with Gasteiger partial charge >= 0.3 is 5.97 Å². The van der Waals surface area contributed by atoms with Crippen LogP contribution in [0.4, 0.5) is 5.69 Å². The lowest BCUT2D eigenvalue weighted by Gasteiger charge is -2.17. The molecule has 148 valence electrons. The van der Waals surface area contributed by atoms with E-state index in [9.17, 15) is 18.0 Å². The number of sulfonamides is 1. The first-order valence-electron chi connectivity index (χ1n) is 8.49. The fraction of sp³-hybridized carbons (Fsp3) is 0.263. The fourth-order valence-electron chi connectivity index (χ4n) is 2.91. The fourth-order valence-corrected chi connectivity index (χ4v) is 4.04. The van der Waals surface area contributed by atoms with Gasteiger partial charge in [-0.3, -0.25) is 4.79 Å². The van der Waals surface area contributed by atoms with Crippen LogP contribution in [0.2, 0.25) is 5.02 Å². The second kappa shape index (κ2) is 7.90. The number of anilines is 1. The minimum absolute atomic E-state index is 0.0432. The second-order valence-electron chi connectivity index (χ2n) is 6.43. The molecule has 0 spiro atoms. The van der Waals surface area contributed by atoms with Crippen LogP contribution in [-0.2, 0) is 26.0 Å². The predicted molar refractivity (Wildman–Crippen MR) is 105 cm³/mol. The summed E-state index contributed by atoms with van der Waals surface area (Å²) < 4.78 is 30.6. The van der Waals surface area contributed by atoms with Gasteiger partial charge in [0.1, 0.15) is 0 Å². The molecule has 0 saturated heterocycles. The third-order valence-electron chi connectivity index (χ3n) is 4.45. The third-order valence-corrected chi connectivity index (χ3v) is 6.59. The number of para-hydroxylation sites is 1. The van der Waals surface area contributed by atoms with Crippen molar-refractivity contribution in [2.45, 2.75) is 11.3 Å². The van der Waals surface area contributed by atoms with Crippen molar-refractivity contribution in [3.8, 4) is 0 Å². The molecule has 1 aliphatic heterocycles. The van der Waals surface area contributed by atoms with Gasteiger partial charge in [-0.2, -0.15) is 0 Å². The maximum atomic E-state index is 12.5. The largest absolute Gasteiger partial charge is 0.452 e. The molecule has 1 amide bonds. The smallest absolute Gasteiger partial charge is 0.340 e. The number of carbonyl (C=O) groups is 2. The predicted octanol–water partition coefficient (Wildman–Crippen LogP) is 2.34. The third kappa shape index (κ3) is 3.89. The van der Waals surface area contributed by atoms with E-state index in [1.165, 1.54) is 26.2 Å². The van der Waals surface area contributed by atoms with E-state index in [1.54, 1.807) is 4.90 Å². The van der Waals surface area contributed by atoms with Gasteiger partial charge in [-0.1, -0.05) is 29.8 Å². The average Bonchev–Trinajstić information content (AvgIpc) is 3.10. The van der Waals surface area contributed by atoms with Gasteiger partial charge in [0, 0.05) is 26.3 Å². The molecule has 0 unspecified atom stereocenters. The first-order valence-corrected chi connectivity index (χ1v) is 10.3. The van der Waals surface area contributed by atoms with Gasteiger partial charge in [0.05, 0.1) is 15.5 Å². The molecule has 0 saturated carbocycles. The van der Waals surface area contributed by atoms with E-state index in [2.05, 4.69) is 0 Å². The van der Waals surface area contributed by atoms with Crippen molar-refractivity contribution in [3.05, 3.63) is 58.6 Å². The molecule has 1 aliphatic rings. The van der Waals surface area contributed by atoms with E-state index >= 15 is 0 Å². The van der Waals surface area contributed by atoms with Gasteiger partial charge in [0.2, 0.25) is 10.0 Å². The van der Waals surface area contributed by atoms with Crippen LogP contribution in [0.15, 0.2) is 47.4 Å². The van der Waals surface area contributed by atoms with Crippen molar-refractivity contribution in [2.75, 3.05) is 32.1 Å². The quantitative estimate of drug-likeness (QED) is 0.690. The molecule has 3 rings (SSSR count). The number of benzene rings is 2. The van der Waals surface area contributed by atoms with Gasteiger partial charge < -0.3 is 9.64 Å². The lowest BCUT2D eigenvalue weighted by molar-refractivity contribution is -0.121. The lowest BCUT2D eigenvalue weighted by Crippen LogP contribution is -2.33. The summed E-state index contributed by atoms with van der Waals surface area (Å²) in [5.41, 5.74) is 1.76. The molecule has 0 aliphatic carbocycles. The Labute approximate surface area is 168 Å². The number of rotatable bonds is 5. The number of fused-ring (bicyclic) bond motifs is 1. The van der Waals surface area contributed by atoms with Crippen LogP contribution in [0.5, 0.6) is 0 Å². The molecule has 0 radical (unpaired) electrons. The number of carbonyl (C=O) groups excluding carboxylic acids is 2. The van der Waals surface area contributed by atoms with Crippen LogP contribution in [0.25, 0.3) is 0 Å². The second-order valence-corrected chi connectivity index (χ2v) is 8.99. The summed E-state index contributed by atoms with van der Waals surface area (Å²) in [5, 5.41) is 0.0432. The Kier molecular flexibility index (Phi) is 5.74. The molecule has 9 heteroatoms. The highest BCUT2D eigenvalue weighted by Crippen LogP contribution is 2.27. The van der Waals surface area contributed by atoms with Gasteiger partial charge in [0.15, 0.2) is 6.61 Å². The highest BCUT2D eigenvalue weighted by Gasteiger charge is 2.26. The maximum absolute atomic E-state index is 12.5. The zero-order valence-corrected chi connectivity index (χ0v) is 17.0. The number of esters is 1. The Morgan fingerprint density at radius 3 is 2.61 bits per heavy atom. The number of nitrogens with zero attached hydrogens (tertiary/aromatic N) is 2. The molecule has 7 nitrogen and oxygen atoms in total. The summed E-state index contributed by atoms with van der Waals surface area (Å²) in [5.74, 6) is -1.21. The lowest BCUT2D eigenvalue weighted by atomic mass is 10.2. The summed E-state index contributed by atoms with van der Waals surface area (Å²) in [6.07, 6.45) is 0.742. The van der Waals surface area contributed by atoms with Crippen LogP contribution < -0.4 is 4.90 Å². The summed E-state index contributed by atoms with van der Waals surface area (Å²) in [7, 11) is -0.969. The highest BCUT2D eigenvalue weighted by molar-refractivity contribution is 7.89. The van der Waals surface area contributed by atoms with Crippen molar-refractivity contribution < 1.29 is 22.7 Å². The molecule has 0 N–H and O–H groups in total. The molecule has 28 heavy (non-hydrogen) atoms. The van der Waals surface area contributed by atoms with Crippen LogP contribution in [0.3, 0.4) is 0 Å². The number of hydrogen-bond donors (Lipinski definition) is 0. The molecule has 0 fully saturated rings. The minimum atomic E-state index is -3.74. The van der Waals surface area contributed by atoms with Crippen molar-refractivity contribution in [1.82, 2.24) is 4.31 Å². The molecule has 0 aromatic heterocycles. The van der Waals surface area contributed by atoms with Crippen molar-refractivity contribution in [1.29, 1.82) is 0 Å².